The van der Waals surface area contributed by atoms with E-state index in [9.17, 15) is 10.1 Å². The largest absolute Gasteiger partial charge is 0.391 e. The average Bonchev–Trinajstić information content (AvgIpc) is 2.03. The molecule has 0 aliphatic rings. The van der Waals surface area contributed by atoms with Gasteiger partial charge in [-0.2, -0.15) is 0 Å². The van der Waals surface area contributed by atoms with Crippen molar-refractivity contribution in [3.63, 3.8) is 0 Å². The van der Waals surface area contributed by atoms with Crippen LogP contribution in [0, 0.1) is 13.7 Å². The van der Waals surface area contributed by atoms with Crippen LogP contribution < -0.4 is 0 Å². The van der Waals surface area contributed by atoms with Crippen molar-refractivity contribution < 1.29 is 10.0 Å². The van der Waals surface area contributed by atoms with Gasteiger partial charge >= 0.3 is 0 Å². The van der Waals surface area contributed by atoms with E-state index in [4.69, 9.17) is 5.11 Å². The van der Waals surface area contributed by atoms with Gasteiger partial charge in [0.1, 0.15) is 0 Å². The summed E-state index contributed by atoms with van der Waals surface area (Å²) in [4.78, 5) is 9.89. The van der Waals surface area contributed by atoms with Crippen molar-refractivity contribution in [3.8, 4) is 0 Å². The molecule has 1 aromatic carbocycles. The number of benzene rings is 1. The molecule has 0 bridgehead atoms. The summed E-state index contributed by atoms with van der Waals surface area (Å²) in [7, 11) is 0. The minimum absolute atomic E-state index is 0.0297. The number of hydrogen-bond acceptors (Lipinski definition) is 3. The lowest BCUT2D eigenvalue weighted by molar-refractivity contribution is -0.385. The number of nitro benzene ring substituents is 1. The Hall–Kier alpha value is -0.690. The molecule has 0 aromatic heterocycles. The summed E-state index contributed by atoms with van der Waals surface area (Å²) in [5.74, 6) is 0. The van der Waals surface area contributed by atoms with Crippen molar-refractivity contribution >= 4 is 28.3 Å². The highest BCUT2D eigenvalue weighted by Gasteiger charge is 2.11. The number of aliphatic hydroxyl groups is 1. The normalized spacial score (nSPS) is 9.83. The molecular weight excluding hydrogens is 273 g/mol. The van der Waals surface area contributed by atoms with Crippen molar-refractivity contribution in [2.75, 3.05) is 0 Å². The summed E-state index contributed by atoms with van der Waals surface area (Å²) in [6, 6.07) is 4.63. The monoisotopic (exact) mass is 279 g/mol. The number of rotatable bonds is 2. The van der Waals surface area contributed by atoms with E-state index in [-0.39, 0.29) is 12.3 Å². The molecule has 0 aliphatic carbocycles. The molecule has 5 heteroatoms. The maximum absolute atomic E-state index is 10.4. The third-order valence-electron chi connectivity index (χ3n) is 1.41. The van der Waals surface area contributed by atoms with E-state index in [1.807, 2.05) is 22.6 Å². The zero-order valence-electron chi connectivity index (χ0n) is 6.03. The average molecular weight is 279 g/mol. The Morgan fingerprint density at radius 3 is 2.75 bits per heavy atom. The second kappa shape index (κ2) is 3.81. The van der Waals surface area contributed by atoms with E-state index < -0.39 is 4.92 Å². The Morgan fingerprint density at radius 1 is 1.58 bits per heavy atom. The van der Waals surface area contributed by atoms with Crippen LogP contribution >= 0.6 is 22.6 Å². The van der Waals surface area contributed by atoms with Gasteiger partial charge in [0.15, 0.2) is 0 Å². The van der Waals surface area contributed by atoms with Gasteiger partial charge in [0.05, 0.1) is 17.1 Å². The van der Waals surface area contributed by atoms with Gasteiger partial charge in [-0.15, -0.1) is 0 Å². The maximum atomic E-state index is 10.4. The molecule has 0 saturated heterocycles. The minimum Gasteiger partial charge on any atom is -0.391 e. The Bertz CT molecular complexity index is 314. The first-order valence-corrected chi connectivity index (χ1v) is 4.26. The molecular formula is C7H6INO3. The topological polar surface area (TPSA) is 63.4 Å². The molecule has 0 radical (unpaired) electrons. The second-order valence-electron chi connectivity index (χ2n) is 2.19. The van der Waals surface area contributed by atoms with Crippen LogP contribution in [0.5, 0.6) is 0 Å². The van der Waals surface area contributed by atoms with Gasteiger partial charge in [-0.3, -0.25) is 10.1 Å². The van der Waals surface area contributed by atoms with E-state index in [0.29, 0.717) is 5.56 Å². The fourth-order valence-electron chi connectivity index (χ4n) is 0.859. The van der Waals surface area contributed by atoms with Crippen LogP contribution in [0.4, 0.5) is 5.69 Å². The van der Waals surface area contributed by atoms with Crippen LogP contribution in [-0.2, 0) is 6.61 Å². The van der Waals surface area contributed by atoms with Crippen LogP contribution in [0.15, 0.2) is 18.2 Å². The van der Waals surface area contributed by atoms with E-state index in [1.165, 1.54) is 6.07 Å². The van der Waals surface area contributed by atoms with Crippen LogP contribution in [-0.4, -0.2) is 10.0 Å². The second-order valence-corrected chi connectivity index (χ2v) is 3.43. The van der Waals surface area contributed by atoms with Gasteiger partial charge in [0.25, 0.3) is 5.69 Å². The van der Waals surface area contributed by atoms with E-state index in [2.05, 4.69) is 0 Å². The van der Waals surface area contributed by atoms with Gasteiger partial charge < -0.3 is 5.11 Å². The summed E-state index contributed by atoms with van der Waals surface area (Å²) in [6.07, 6.45) is 0. The molecule has 0 fully saturated rings. The summed E-state index contributed by atoms with van der Waals surface area (Å²) >= 11 is 2.04. The summed E-state index contributed by atoms with van der Waals surface area (Å²) in [5, 5.41) is 19.2. The molecule has 0 spiro atoms. The zero-order valence-corrected chi connectivity index (χ0v) is 8.19. The lowest BCUT2D eigenvalue weighted by atomic mass is 10.2. The van der Waals surface area contributed by atoms with Gasteiger partial charge in [-0.05, 0) is 34.7 Å². The minimum atomic E-state index is -0.498. The molecule has 0 atom stereocenters. The smallest absolute Gasteiger partial charge is 0.274 e. The summed E-state index contributed by atoms with van der Waals surface area (Å²) in [6.45, 7) is -0.298. The lowest BCUT2D eigenvalue weighted by Gasteiger charge is -1.98. The molecule has 1 N–H and O–H groups in total. The van der Waals surface area contributed by atoms with Gasteiger partial charge in [-0.1, -0.05) is 0 Å². The molecule has 4 nitrogen and oxygen atoms in total. The van der Waals surface area contributed by atoms with Gasteiger partial charge in [0.2, 0.25) is 0 Å². The van der Waals surface area contributed by atoms with Crippen LogP contribution in [0.25, 0.3) is 0 Å². The van der Waals surface area contributed by atoms with Crippen molar-refractivity contribution in [2.24, 2.45) is 0 Å². The molecule has 64 valence electrons. The standard InChI is InChI=1S/C7H6INO3/c8-6-1-2-7(9(11)12)5(3-6)4-10/h1-3,10H,4H2. The molecule has 0 saturated carbocycles. The van der Waals surface area contributed by atoms with Crippen LogP contribution in [0.2, 0.25) is 0 Å². The first kappa shape index (κ1) is 9.40. The molecule has 0 unspecified atom stereocenters. The Morgan fingerprint density at radius 2 is 2.25 bits per heavy atom. The first-order chi connectivity index (χ1) is 5.65. The van der Waals surface area contributed by atoms with E-state index in [0.717, 1.165) is 3.57 Å². The first-order valence-electron chi connectivity index (χ1n) is 3.19. The maximum Gasteiger partial charge on any atom is 0.274 e. The SMILES string of the molecule is O=[N+]([O-])c1ccc(I)cc1CO. The molecule has 1 aromatic rings. The zero-order chi connectivity index (χ0) is 9.14. The molecule has 0 amide bonds. The molecule has 1 rings (SSSR count). The van der Waals surface area contributed by atoms with Crippen LogP contribution in [0.3, 0.4) is 0 Å². The number of halogens is 1. The highest BCUT2D eigenvalue weighted by Crippen LogP contribution is 2.20. The van der Waals surface area contributed by atoms with E-state index >= 15 is 0 Å². The van der Waals surface area contributed by atoms with Gasteiger partial charge in [0, 0.05) is 9.64 Å². The Labute approximate surface area is 82.5 Å². The number of hydrogen-bond donors (Lipinski definition) is 1. The highest BCUT2D eigenvalue weighted by atomic mass is 127. The number of aliphatic hydroxyl groups excluding tert-OH is 1. The van der Waals surface area contributed by atoms with Crippen molar-refractivity contribution in [2.45, 2.75) is 6.61 Å². The highest BCUT2D eigenvalue weighted by molar-refractivity contribution is 14.1. The predicted molar refractivity (Wildman–Crippen MR) is 51.7 cm³/mol. The fourth-order valence-corrected chi connectivity index (χ4v) is 1.41. The summed E-state index contributed by atoms with van der Waals surface area (Å²) in [5.41, 5.74) is 0.324. The van der Waals surface area contributed by atoms with Crippen molar-refractivity contribution in [1.29, 1.82) is 0 Å². The Kier molecular flexibility index (Phi) is 2.99. The Balaban J connectivity index is 3.20. The van der Waals surface area contributed by atoms with Crippen molar-refractivity contribution in [3.05, 3.63) is 37.4 Å². The summed E-state index contributed by atoms with van der Waals surface area (Å²) < 4.78 is 0.877. The third-order valence-corrected chi connectivity index (χ3v) is 2.08. The predicted octanol–water partition coefficient (Wildman–Crippen LogP) is 1.69. The fraction of sp³-hybridized carbons (Fsp3) is 0.143. The molecule has 0 heterocycles. The quantitative estimate of drug-likeness (QED) is 0.509. The third kappa shape index (κ3) is 1.92. The molecule has 12 heavy (non-hydrogen) atoms. The van der Waals surface area contributed by atoms with Crippen molar-refractivity contribution in [1.82, 2.24) is 0 Å². The number of nitrogens with zero attached hydrogens (tertiary/aromatic N) is 1. The number of nitro groups is 1. The lowest BCUT2D eigenvalue weighted by Crippen LogP contribution is -1.95. The van der Waals surface area contributed by atoms with Gasteiger partial charge in [-0.25, -0.2) is 0 Å². The molecule has 0 aliphatic heterocycles. The van der Waals surface area contributed by atoms with E-state index in [1.54, 1.807) is 12.1 Å². The van der Waals surface area contributed by atoms with Crippen LogP contribution in [0.1, 0.15) is 5.56 Å².